The topological polar surface area (TPSA) is 17.3 Å². The van der Waals surface area contributed by atoms with Crippen molar-refractivity contribution in [3.05, 3.63) is 59.3 Å². The molecule has 0 saturated carbocycles. The van der Waals surface area contributed by atoms with Crippen molar-refractivity contribution >= 4 is 27.5 Å². The van der Waals surface area contributed by atoms with Crippen molar-refractivity contribution in [2.45, 2.75) is 40.0 Å². The van der Waals surface area contributed by atoms with E-state index in [0.717, 1.165) is 17.6 Å². The number of hydrogen-bond donors (Lipinski definition) is 0. The van der Waals surface area contributed by atoms with E-state index in [1.54, 1.807) is 0 Å². The number of hydrogen-bond acceptors (Lipinski definition) is 1. The number of pyridine rings is 1. The second kappa shape index (κ2) is 5.38. The van der Waals surface area contributed by atoms with Crippen LogP contribution in [0.15, 0.2) is 42.5 Å². The molecule has 0 radical (unpaired) electrons. The van der Waals surface area contributed by atoms with Gasteiger partial charge in [-0.05, 0) is 61.4 Å². The van der Waals surface area contributed by atoms with Crippen LogP contribution in [0.4, 0.5) is 0 Å². The lowest BCUT2D eigenvalue weighted by Gasteiger charge is -2.10. The van der Waals surface area contributed by atoms with E-state index in [1.165, 1.54) is 46.0 Å². The minimum atomic E-state index is 1.09. The first-order valence-corrected chi connectivity index (χ1v) is 8.49. The van der Waals surface area contributed by atoms with E-state index in [1.807, 2.05) is 0 Å². The van der Waals surface area contributed by atoms with Crippen molar-refractivity contribution in [1.29, 1.82) is 0 Å². The fourth-order valence-corrected chi connectivity index (χ4v) is 3.42. The van der Waals surface area contributed by atoms with Crippen LogP contribution in [0.25, 0.3) is 27.5 Å². The van der Waals surface area contributed by atoms with Gasteiger partial charge in [-0.1, -0.05) is 37.6 Å². The number of rotatable bonds is 3. The molecule has 0 spiro atoms. The number of aromatic nitrogens is 2. The number of nitrogens with zero attached hydrogens (tertiary/aromatic N) is 2. The molecule has 2 heteroatoms. The van der Waals surface area contributed by atoms with E-state index in [4.69, 9.17) is 4.98 Å². The molecule has 2 heterocycles. The zero-order valence-corrected chi connectivity index (χ0v) is 14.1. The third-order valence-electron chi connectivity index (χ3n) is 4.87. The fraction of sp³-hybridized carbons (Fsp3) is 0.286. The van der Waals surface area contributed by atoms with E-state index in [2.05, 4.69) is 67.6 Å². The Bertz CT molecular complexity index is 1020. The van der Waals surface area contributed by atoms with Crippen LogP contribution in [0.5, 0.6) is 0 Å². The van der Waals surface area contributed by atoms with Crippen LogP contribution in [0.1, 0.15) is 36.6 Å². The largest absolute Gasteiger partial charge is 0.296 e. The Hall–Kier alpha value is -2.35. The van der Waals surface area contributed by atoms with Crippen LogP contribution in [0.2, 0.25) is 0 Å². The minimum absolute atomic E-state index is 1.09. The smallest absolute Gasteiger partial charge is 0.146 e. The van der Waals surface area contributed by atoms with Gasteiger partial charge in [0.15, 0.2) is 0 Å². The van der Waals surface area contributed by atoms with E-state index >= 15 is 0 Å². The highest BCUT2D eigenvalue weighted by Gasteiger charge is 2.13. The third-order valence-corrected chi connectivity index (χ3v) is 4.87. The quantitative estimate of drug-likeness (QED) is 0.481. The maximum Gasteiger partial charge on any atom is 0.146 e. The zero-order chi connectivity index (χ0) is 16.0. The zero-order valence-electron chi connectivity index (χ0n) is 14.1. The molecule has 23 heavy (non-hydrogen) atoms. The predicted molar refractivity (Wildman–Crippen MR) is 98.3 cm³/mol. The summed E-state index contributed by atoms with van der Waals surface area (Å²) in [6.45, 7) is 6.59. The number of unbranched alkanes of at least 4 members (excludes halogenated alkanes) is 1. The third kappa shape index (κ3) is 2.21. The van der Waals surface area contributed by atoms with Crippen LogP contribution in [0.3, 0.4) is 0 Å². The van der Waals surface area contributed by atoms with E-state index in [0.29, 0.717) is 0 Å². The van der Waals surface area contributed by atoms with Crippen molar-refractivity contribution in [3.63, 3.8) is 0 Å². The molecule has 2 nitrogen and oxygen atoms in total. The van der Waals surface area contributed by atoms with Crippen LogP contribution in [-0.2, 0) is 6.42 Å². The first-order valence-electron chi connectivity index (χ1n) is 8.49. The SMILES string of the molecule is CCCCc1cc2ccccc2c2nc3cc(C)c(C)cc3n12. The summed E-state index contributed by atoms with van der Waals surface area (Å²) in [5.41, 5.74) is 7.43. The molecule has 2 aromatic carbocycles. The van der Waals surface area contributed by atoms with Crippen molar-refractivity contribution in [1.82, 2.24) is 9.38 Å². The van der Waals surface area contributed by atoms with Crippen LogP contribution < -0.4 is 0 Å². The lowest BCUT2D eigenvalue weighted by atomic mass is 10.1. The van der Waals surface area contributed by atoms with E-state index in [-0.39, 0.29) is 0 Å². The molecule has 0 aliphatic carbocycles. The lowest BCUT2D eigenvalue weighted by molar-refractivity contribution is 0.772. The van der Waals surface area contributed by atoms with E-state index in [9.17, 15) is 0 Å². The average Bonchev–Trinajstić information content (AvgIpc) is 2.92. The van der Waals surface area contributed by atoms with Gasteiger partial charge >= 0.3 is 0 Å². The maximum atomic E-state index is 4.98. The second-order valence-corrected chi connectivity index (χ2v) is 6.52. The first kappa shape index (κ1) is 14.3. The van der Waals surface area contributed by atoms with Crippen molar-refractivity contribution in [2.24, 2.45) is 0 Å². The Morgan fingerprint density at radius 3 is 2.61 bits per heavy atom. The summed E-state index contributed by atoms with van der Waals surface area (Å²) in [6.07, 6.45) is 3.51. The highest BCUT2D eigenvalue weighted by molar-refractivity contribution is 5.98. The standard InChI is InChI=1S/C21H22N2/c1-4-5-9-17-13-16-8-6-7-10-18(16)21-22-19-11-14(2)15(3)12-20(19)23(17)21/h6-8,10-13H,4-5,9H2,1-3H3. The van der Waals surface area contributed by atoms with Gasteiger partial charge in [0.25, 0.3) is 0 Å². The molecule has 4 aromatic rings. The minimum Gasteiger partial charge on any atom is -0.296 e. The fourth-order valence-electron chi connectivity index (χ4n) is 3.42. The highest BCUT2D eigenvalue weighted by Crippen LogP contribution is 2.28. The van der Waals surface area contributed by atoms with Crippen LogP contribution >= 0.6 is 0 Å². The second-order valence-electron chi connectivity index (χ2n) is 6.52. The van der Waals surface area contributed by atoms with Crippen LogP contribution in [-0.4, -0.2) is 9.38 Å². The summed E-state index contributed by atoms with van der Waals surface area (Å²) in [7, 11) is 0. The summed E-state index contributed by atoms with van der Waals surface area (Å²) >= 11 is 0. The van der Waals surface area contributed by atoms with Gasteiger partial charge in [0, 0.05) is 11.1 Å². The summed E-state index contributed by atoms with van der Waals surface area (Å²) in [6, 6.07) is 15.4. The Morgan fingerprint density at radius 2 is 1.78 bits per heavy atom. The van der Waals surface area contributed by atoms with Crippen molar-refractivity contribution < 1.29 is 0 Å². The van der Waals surface area contributed by atoms with Gasteiger partial charge in [-0.15, -0.1) is 0 Å². The highest BCUT2D eigenvalue weighted by atomic mass is 15.0. The average molecular weight is 302 g/mol. The molecular formula is C21H22N2. The number of aryl methyl sites for hydroxylation is 3. The Labute approximate surface area is 136 Å². The molecule has 0 aliphatic rings. The predicted octanol–water partition coefficient (Wildman–Crippen LogP) is 5.60. The van der Waals surface area contributed by atoms with Gasteiger partial charge in [0.05, 0.1) is 11.0 Å². The first-order chi connectivity index (χ1) is 11.2. The summed E-state index contributed by atoms with van der Waals surface area (Å²) in [4.78, 5) is 4.98. The molecule has 0 unspecified atom stereocenters. The Balaban J connectivity index is 2.17. The molecule has 0 amide bonds. The molecule has 0 aliphatic heterocycles. The number of benzene rings is 2. The summed E-state index contributed by atoms with van der Waals surface area (Å²) < 4.78 is 2.37. The molecule has 0 saturated heterocycles. The Morgan fingerprint density at radius 1 is 1.00 bits per heavy atom. The van der Waals surface area contributed by atoms with Gasteiger partial charge in [-0.2, -0.15) is 0 Å². The molecule has 0 fully saturated rings. The number of imidazole rings is 1. The molecule has 0 atom stereocenters. The van der Waals surface area contributed by atoms with Gasteiger partial charge < -0.3 is 0 Å². The van der Waals surface area contributed by atoms with Gasteiger partial charge in [0.2, 0.25) is 0 Å². The molecule has 0 bridgehead atoms. The molecule has 0 N–H and O–H groups in total. The van der Waals surface area contributed by atoms with Gasteiger partial charge in [0.1, 0.15) is 5.65 Å². The normalized spacial score (nSPS) is 11.8. The molecule has 4 rings (SSSR count). The summed E-state index contributed by atoms with van der Waals surface area (Å²) in [5.74, 6) is 0. The summed E-state index contributed by atoms with van der Waals surface area (Å²) in [5, 5.41) is 2.52. The molecular weight excluding hydrogens is 280 g/mol. The van der Waals surface area contributed by atoms with Gasteiger partial charge in [-0.3, -0.25) is 4.40 Å². The van der Waals surface area contributed by atoms with Gasteiger partial charge in [-0.25, -0.2) is 4.98 Å². The maximum absolute atomic E-state index is 4.98. The Kier molecular flexibility index (Phi) is 3.33. The number of fused-ring (bicyclic) bond motifs is 5. The van der Waals surface area contributed by atoms with Crippen molar-refractivity contribution in [2.75, 3.05) is 0 Å². The molecule has 2 aromatic heterocycles. The lowest BCUT2D eigenvalue weighted by Crippen LogP contribution is -1.98. The van der Waals surface area contributed by atoms with Crippen molar-refractivity contribution in [3.8, 4) is 0 Å². The monoisotopic (exact) mass is 302 g/mol. The van der Waals surface area contributed by atoms with E-state index < -0.39 is 0 Å². The molecule has 116 valence electrons. The van der Waals surface area contributed by atoms with Crippen LogP contribution in [0, 0.1) is 13.8 Å².